The van der Waals surface area contributed by atoms with Gasteiger partial charge in [-0.15, -0.1) is 0 Å². The number of rotatable bonds is 5. The van der Waals surface area contributed by atoms with E-state index in [0.29, 0.717) is 10.8 Å². The van der Waals surface area contributed by atoms with Crippen molar-refractivity contribution in [1.82, 2.24) is 14.9 Å². The molecule has 4 aromatic rings. The monoisotopic (exact) mass is 457 g/mol. The van der Waals surface area contributed by atoms with Crippen LogP contribution in [0.5, 0.6) is 0 Å². The average Bonchev–Trinajstić information content (AvgIpc) is 3.44. The zero-order valence-corrected chi connectivity index (χ0v) is 19.2. The van der Waals surface area contributed by atoms with Gasteiger partial charge in [-0.3, -0.25) is 4.98 Å². The Kier molecular flexibility index (Phi) is 5.56. The Morgan fingerprint density at radius 3 is 2.39 bits per heavy atom. The van der Waals surface area contributed by atoms with E-state index < -0.39 is 0 Å². The SMILES string of the molecule is CN(C)c1ccc(-n2cccc2[C@@H]2[C@H](c3ccccn3)NC(=S)N2c2ccccc2F)cc1. The van der Waals surface area contributed by atoms with Gasteiger partial charge in [-0.1, -0.05) is 18.2 Å². The topological polar surface area (TPSA) is 36.3 Å². The van der Waals surface area contributed by atoms with Crippen LogP contribution >= 0.6 is 12.2 Å². The number of pyridine rings is 1. The molecule has 1 aliphatic rings. The first-order chi connectivity index (χ1) is 16.0. The standard InChI is InChI=1S/C26H24FN5S/c1-30(2)18-12-14-19(15-13-18)31-17-7-11-23(31)25-24(21-9-5-6-16-28-21)29-26(33)32(25)22-10-4-3-8-20(22)27/h3-17,24-25H,1-2H3,(H,29,33)/t24-,25+/m0/s1. The summed E-state index contributed by atoms with van der Waals surface area (Å²) in [5.41, 5.74) is 4.41. The van der Waals surface area contributed by atoms with Crippen LogP contribution in [0.2, 0.25) is 0 Å². The number of thiocarbonyl (C=S) groups is 1. The molecule has 2 aromatic heterocycles. The predicted molar refractivity (Wildman–Crippen MR) is 134 cm³/mol. The maximum atomic E-state index is 14.9. The summed E-state index contributed by atoms with van der Waals surface area (Å²) in [6.45, 7) is 0. The first-order valence-corrected chi connectivity index (χ1v) is 11.2. The zero-order valence-electron chi connectivity index (χ0n) is 18.4. The molecule has 0 spiro atoms. The minimum atomic E-state index is -0.318. The van der Waals surface area contributed by atoms with E-state index >= 15 is 0 Å². The van der Waals surface area contributed by atoms with E-state index in [4.69, 9.17) is 12.2 Å². The number of hydrogen-bond acceptors (Lipinski definition) is 3. The van der Waals surface area contributed by atoms with Crippen LogP contribution in [0.15, 0.2) is 91.3 Å². The highest BCUT2D eigenvalue weighted by Gasteiger charge is 2.42. The molecule has 1 saturated heterocycles. The number of nitrogens with one attached hydrogen (secondary N) is 1. The number of aromatic nitrogens is 2. The van der Waals surface area contributed by atoms with Crippen molar-refractivity contribution in [1.29, 1.82) is 0 Å². The first kappa shape index (κ1) is 21.2. The second kappa shape index (κ2) is 8.67. The fourth-order valence-electron chi connectivity index (χ4n) is 4.34. The second-order valence-electron chi connectivity index (χ2n) is 8.16. The Balaban J connectivity index is 1.65. The van der Waals surface area contributed by atoms with Crippen molar-refractivity contribution in [3.8, 4) is 5.69 Å². The third-order valence-corrected chi connectivity index (χ3v) is 6.25. The van der Waals surface area contributed by atoms with E-state index in [-0.39, 0.29) is 17.9 Å². The quantitative estimate of drug-likeness (QED) is 0.414. The molecule has 5 nitrogen and oxygen atoms in total. The van der Waals surface area contributed by atoms with E-state index in [1.807, 2.05) is 55.5 Å². The molecule has 166 valence electrons. The Morgan fingerprint density at radius 2 is 1.70 bits per heavy atom. The third kappa shape index (κ3) is 3.85. The fourth-order valence-corrected chi connectivity index (χ4v) is 4.68. The van der Waals surface area contributed by atoms with Crippen LogP contribution < -0.4 is 15.1 Å². The van der Waals surface area contributed by atoms with Gasteiger partial charge >= 0.3 is 0 Å². The lowest BCUT2D eigenvalue weighted by atomic mass is 10.0. The van der Waals surface area contributed by atoms with Crippen molar-refractivity contribution in [2.75, 3.05) is 23.9 Å². The lowest BCUT2D eigenvalue weighted by Gasteiger charge is -2.29. The smallest absolute Gasteiger partial charge is 0.174 e. The van der Waals surface area contributed by atoms with Crippen molar-refractivity contribution in [2.45, 2.75) is 12.1 Å². The molecule has 0 bridgehead atoms. The van der Waals surface area contributed by atoms with Crippen LogP contribution in [0.1, 0.15) is 23.5 Å². The van der Waals surface area contributed by atoms with Gasteiger partial charge in [0.05, 0.1) is 17.4 Å². The number of hydrogen-bond donors (Lipinski definition) is 1. The van der Waals surface area contributed by atoms with Gasteiger partial charge in [0, 0.05) is 43.6 Å². The molecule has 7 heteroatoms. The maximum Gasteiger partial charge on any atom is 0.174 e. The Labute approximate surface area is 198 Å². The van der Waals surface area contributed by atoms with E-state index in [1.54, 1.807) is 18.3 Å². The molecular formula is C26H24FN5S. The molecule has 0 saturated carbocycles. The molecule has 0 amide bonds. The van der Waals surface area contributed by atoms with Gasteiger partial charge in [0.1, 0.15) is 11.9 Å². The summed E-state index contributed by atoms with van der Waals surface area (Å²) in [6.07, 6.45) is 3.79. The normalized spacial score (nSPS) is 17.8. The Morgan fingerprint density at radius 1 is 0.939 bits per heavy atom. The summed E-state index contributed by atoms with van der Waals surface area (Å²) in [7, 11) is 4.04. The zero-order chi connectivity index (χ0) is 22.9. The lowest BCUT2D eigenvalue weighted by Crippen LogP contribution is -2.31. The highest BCUT2D eigenvalue weighted by Crippen LogP contribution is 2.42. The Bertz CT molecular complexity index is 1270. The van der Waals surface area contributed by atoms with Crippen LogP contribution in [0, 0.1) is 5.82 Å². The number of anilines is 2. The molecule has 0 radical (unpaired) electrons. The second-order valence-corrected chi connectivity index (χ2v) is 8.55. The molecule has 0 unspecified atom stereocenters. The maximum absolute atomic E-state index is 14.9. The van der Waals surface area contributed by atoms with Crippen molar-refractivity contribution in [3.63, 3.8) is 0 Å². The van der Waals surface area contributed by atoms with Crippen LogP contribution in [0.4, 0.5) is 15.8 Å². The van der Waals surface area contributed by atoms with E-state index in [2.05, 4.69) is 50.1 Å². The molecule has 33 heavy (non-hydrogen) atoms. The van der Waals surface area contributed by atoms with Crippen molar-refractivity contribution >= 4 is 28.7 Å². The fraction of sp³-hybridized carbons (Fsp3) is 0.154. The number of benzene rings is 2. The predicted octanol–water partition coefficient (Wildman–Crippen LogP) is 5.25. The molecule has 1 aliphatic heterocycles. The van der Waals surface area contributed by atoms with Crippen molar-refractivity contribution in [3.05, 3.63) is 108 Å². The van der Waals surface area contributed by atoms with Gasteiger partial charge in [-0.05, 0) is 72.9 Å². The molecule has 0 aliphatic carbocycles. The number of para-hydroxylation sites is 1. The van der Waals surface area contributed by atoms with E-state index in [1.165, 1.54) is 6.07 Å². The first-order valence-electron chi connectivity index (χ1n) is 10.7. The summed E-state index contributed by atoms with van der Waals surface area (Å²) >= 11 is 5.72. The summed E-state index contributed by atoms with van der Waals surface area (Å²) < 4.78 is 17.1. The number of nitrogens with zero attached hydrogens (tertiary/aromatic N) is 4. The van der Waals surface area contributed by atoms with Crippen molar-refractivity contribution in [2.24, 2.45) is 0 Å². The lowest BCUT2D eigenvalue weighted by molar-refractivity contribution is 0.542. The van der Waals surface area contributed by atoms with E-state index in [0.717, 1.165) is 22.8 Å². The third-order valence-electron chi connectivity index (χ3n) is 5.94. The van der Waals surface area contributed by atoms with Crippen molar-refractivity contribution < 1.29 is 4.39 Å². The minimum absolute atomic E-state index is 0.243. The summed E-state index contributed by atoms with van der Waals surface area (Å²) in [4.78, 5) is 8.51. The molecular weight excluding hydrogens is 433 g/mol. The average molecular weight is 458 g/mol. The van der Waals surface area contributed by atoms with E-state index in [9.17, 15) is 4.39 Å². The molecule has 1 N–H and O–H groups in total. The summed E-state index contributed by atoms with van der Waals surface area (Å²) in [6, 6.07) is 24.4. The molecule has 2 atom stereocenters. The van der Waals surface area contributed by atoms with Gasteiger partial charge in [0.25, 0.3) is 0 Å². The van der Waals surface area contributed by atoms with Crippen LogP contribution in [0.25, 0.3) is 5.69 Å². The van der Waals surface area contributed by atoms with Gasteiger partial charge in [-0.2, -0.15) is 0 Å². The van der Waals surface area contributed by atoms with Gasteiger partial charge < -0.3 is 19.7 Å². The highest BCUT2D eigenvalue weighted by molar-refractivity contribution is 7.80. The minimum Gasteiger partial charge on any atom is -0.378 e. The van der Waals surface area contributed by atoms with Gasteiger partial charge in [0.2, 0.25) is 0 Å². The largest absolute Gasteiger partial charge is 0.378 e. The highest BCUT2D eigenvalue weighted by atomic mass is 32.1. The van der Waals surface area contributed by atoms with Crippen LogP contribution in [-0.4, -0.2) is 28.8 Å². The van der Waals surface area contributed by atoms with Crippen LogP contribution in [0.3, 0.4) is 0 Å². The molecule has 3 heterocycles. The molecule has 1 fully saturated rings. The van der Waals surface area contributed by atoms with Gasteiger partial charge in [0.15, 0.2) is 5.11 Å². The summed E-state index contributed by atoms with van der Waals surface area (Å²) in [5.74, 6) is -0.318. The molecule has 2 aromatic carbocycles. The molecule has 5 rings (SSSR count). The number of halogens is 1. The van der Waals surface area contributed by atoms with Crippen LogP contribution in [-0.2, 0) is 0 Å². The van der Waals surface area contributed by atoms with Gasteiger partial charge in [-0.25, -0.2) is 4.39 Å². The summed E-state index contributed by atoms with van der Waals surface area (Å²) in [5, 5.41) is 3.86. The Hall–Kier alpha value is -3.71.